The minimum atomic E-state index is -0.566. The third-order valence-electron chi connectivity index (χ3n) is 1.80. The van der Waals surface area contributed by atoms with Crippen LogP contribution in [0.3, 0.4) is 0 Å². The molecule has 0 radical (unpaired) electrons. The molecule has 1 heterocycles. The average Bonchev–Trinajstić information content (AvgIpc) is 2.24. The zero-order valence-electron chi connectivity index (χ0n) is 10.5. The second-order valence-electron chi connectivity index (χ2n) is 4.64. The number of nitrogens with zero attached hydrogens (tertiary/aromatic N) is 1. The van der Waals surface area contributed by atoms with Crippen molar-refractivity contribution in [3.05, 3.63) is 29.0 Å². The summed E-state index contributed by atoms with van der Waals surface area (Å²) < 4.78 is 5.05. The lowest BCUT2D eigenvalue weighted by Gasteiger charge is -2.19. The van der Waals surface area contributed by atoms with Crippen LogP contribution in [0.1, 0.15) is 31.1 Å². The lowest BCUT2D eigenvalue weighted by atomic mass is 10.2. The Hall–Kier alpha value is -1.62. The van der Waals surface area contributed by atoms with Crippen molar-refractivity contribution in [1.29, 1.82) is 0 Å². The minimum absolute atomic E-state index is 0.182. The molecule has 0 aliphatic carbocycles. The molecule has 0 aliphatic heterocycles. The largest absolute Gasteiger partial charge is 0.459 e. The maximum atomic E-state index is 11.6. The topological polar surface area (TPSA) is 68.3 Å². The highest BCUT2D eigenvalue weighted by Crippen LogP contribution is 2.07. The highest BCUT2D eigenvalue weighted by molar-refractivity contribution is 6.29. The third-order valence-corrected chi connectivity index (χ3v) is 2.03. The molecule has 1 aromatic heterocycles. The molecule has 0 fully saturated rings. The van der Waals surface area contributed by atoms with Gasteiger partial charge in [-0.2, -0.15) is 0 Å². The van der Waals surface area contributed by atoms with Crippen molar-refractivity contribution in [2.24, 2.45) is 0 Å². The van der Waals surface area contributed by atoms with E-state index in [0.717, 1.165) is 0 Å². The van der Waals surface area contributed by atoms with Gasteiger partial charge in [0.25, 0.3) is 5.91 Å². The predicted molar refractivity (Wildman–Crippen MR) is 67.4 cm³/mol. The smallest absolute Gasteiger partial charge is 0.325 e. The summed E-state index contributed by atoms with van der Waals surface area (Å²) in [6.07, 6.45) is 1.34. The molecule has 18 heavy (non-hydrogen) atoms. The maximum absolute atomic E-state index is 11.6. The van der Waals surface area contributed by atoms with Gasteiger partial charge in [0.1, 0.15) is 17.3 Å². The zero-order chi connectivity index (χ0) is 13.8. The van der Waals surface area contributed by atoms with Gasteiger partial charge in [0.05, 0.1) is 5.56 Å². The second-order valence-corrected chi connectivity index (χ2v) is 5.03. The number of carbonyl (C=O) groups is 2. The normalized spacial score (nSPS) is 10.9. The molecular weight excluding hydrogens is 256 g/mol. The first-order valence-corrected chi connectivity index (χ1v) is 5.77. The minimum Gasteiger partial charge on any atom is -0.459 e. The summed E-state index contributed by atoms with van der Waals surface area (Å²) >= 11 is 5.60. The fraction of sp³-hybridized carbons (Fsp3) is 0.417. The van der Waals surface area contributed by atoms with Crippen molar-refractivity contribution in [1.82, 2.24) is 10.3 Å². The van der Waals surface area contributed by atoms with Gasteiger partial charge in [-0.3, -0.25) is 9.59 Å². The number of carbonyl (C=O) groups excluding carboxylic acids is 2. The van der Waals surface area contributed by atoms with Crippen LogP contribution >= 0.6 is 11.6 Å². The summed E-state index contributed by atoms with van der Waals surface area (Å²) in [5.74, 6) is -0.886. The fourth-order valence-corrected chi connectivity index (χ4v) is 1.25. The Bertz CT molecular complexity index is 438. The number of hydrogen-bond donors (Lipinski definition) is 1. The monoisotopic (exact) mass is 270 g/mol. The molecule has 1 rings (SSSR count). The molecule has 0 aromatic carbocycles. The first-order chi connectivity index (χ1) is 8.28. The highest BCUT2D eigenvalue weighted by atomic mass is 35.5. The standard InChI is InChI=1S/C12H15ClN2O3/c1-12(2,3)18-10(16)7-15-11(17)8-4-5-9(13)14-6-8/h4-6H,7H2,1-3H3,(H,15,17). The van der Waals surface area contributed by atoms with Crippen LogP contribution in [0.15, 0.2) is 18.3 Å². The summed E-state index contributed by atoms with van der Waals surface area (Å²) in [5.41, 5.74) is -0.230. The summed E-state index contributed by atoms with van der Waals surface area (Å²) in [4.78, 5) is 26.8. The first-order valence-electron chi connectivity index (χ1n) is 5.39. The van der Waals surface area contributed by atoms with E-state index in [0.29, 0.717) is 10.7 Å². The SMILES string of the molecule is CC(C)(C)OC(=O)CNC(=O)c1ccc(Cl)nc1. The molecule has 98 valence electrons. The van der Waals surface area contributed by atoms with Crippen LogP contribution in [0.5, 0.6) is 0 Å². The van der Waals surface area contributed by atoms with Crippen LogP contribution in [0.4, 0.5) is 0 Å². The Morgan fingerprint density at radius 3 is 2.56 bits per heavy atom. The molecule has 1 N–H and O–H groups in total. The van der Waals surface area contributed by atoms with Crippen LogP contribution < -0.4 is 5.32 Å². The predicted octanol–water partition coefficient (Wildman–Crippen LogP) is 1.81. The average molecular weight is 271 g/mol. The van der Waals surface area contributed by atoms with E-state index < -0.39 is 17.5 Å². The van der Waals surface area contributed by atoms with E-state index in [-0.39, 0.29) is 6.54 Å². The van der Waals surface area contributed by atoms with Crippen LogP contribution in [0.2, 0.25) is 5.15 Å². The lowest BCUT2D eigenvalue weighted by Crippen LogP contribution is -2.34. The molecule has 0 aliphatic rings. The molecular formula is C12H15ClN2O3. The molecule has 0 saturated carbocycles. The van der Waals surface area contributed by atoms with Gasteiger partial charge in [-0.1, -0.05) is 11.6 Å². The molecule has 0 bridgehead atoms. The molecule has 0 atom stereocenters. The Morgan fingerprint density at radius 1 is 1.39 bits per heavy atom. The number of esters is 1. The van der Waals surface area contributed by atoms with Crippen molar-refractivity contribution < 1.29 is 14.3 Å². The van der Waals surface area contributed by atoms with E-state index in [2.05, 4.69) is 10.3 Å². The van der Waals surface area contributed by atoms with Crippen molar-refractivity contribution in [2.75, 3.05) is 6.54 Å². The molecule has 5 nitrogen and oxygen atoms in total. The van der Waals surface area contributed by atoms with Gasteiger partial charge in [0, 0.05) is 6.20 Å². The summed E-state index contributed by atoms with van der Waals surface area (Å²) in [5, 5.41) is 2.75. The number of amides is 1. The van der Waals surface area contributed by atoms with Crippen LogP contribution in [0, 0.1) is 0 Å². The fourth-order valence-electron chi connectivity index (χ4n) is 1.14. The second kappa shape index (κ2) is 5.82. The van der Waals surface area contributed by atoms with Crippen molar-refractivity contribution in [3.63, 3.8) is 0 Å². The van der Waals surface area contributed by atoms with Gasteiger partial charge < -0.3 is 10.1 Å². The Labute approximate surface area is 110 Å². The van der Waals surface area contributed by atoms with Gasteiger partial charge in [-0.05, 0) is 32.9 Å². The molecule has 1 aromatic rings. The molecule has 0 unspecified atom stereocenters. The van der Waals surface area contributed by atoms with Gasteiger partial charge in [-0.15, -0.1) is 0 Å². The van der Waals surface area contributed by atoms with E-state index in [1.165, 1.54) is 18.3 Å². The molecule has 6 heteroatoms. The number of aromatic nitrogens is 1. The number of rotatable bonds is 3. The summed E-state index contributed by atoms with van der Waals surface area (Å²) in [6, 6.07) is 3.03. The molecule has 0 saturated heterocycles. The molecule has 0 spiro atoms. The first kappa shape index (κ1) is 14.4. The highest BCUT2D eigenvalue weighted by Gasteiger charge is 2.17. The van der Waals surface area contributed by atoms with E-state index in [4.69, 9.17) is 16.3 Å². The van der Waals surface area contributed by atoms with E-state index in [1.807, 2.05) is 0 Å². The quantitative estimate of drug-likeness (QED) is 0.672. The van der Waals surface area contributed by atoms with Gasteiger partial charge in [-0.25, -0.2) is 4.98 Å². The van der Waals surface area contributed by atoms with Gasteiger partial charge >= 0.3 is 5.97 Å². The Kier molecular flexibility index (Phi) is 4.67. The number of nitrogens with one attached hydrogen (secondary N) is 1. The zero-order valence-corrected chi connectivity index (χ0v) is 11.2. The van der Waals surface area contributed by atoms with E-state index in [9.17, 15) is 9.59 Å². The van der Waals surface area contributed by atoms with Crippen LogP contribution in [-0.2, 0) is 9.53 Å². The van der Waals surface area contributed by atoms with E-state index in [1.54, 1.807) is 20.8 Å². The molecule has 1 amide bonds. The lowest BCUT2D eigenvalue weighted by molar-refractivity contribution is -0.153. The summed E-state index contributed by atoms with van der Waals surface area (Å²) in [6.45, 7) is 5.10. The van der Waals surface area contributed by atoms with Crippen molar-refractivity contribution in [3.8, 4) is 0 Å². The van der Waals surface area contributed by atoms with Gasteiger partial charge in [0.15, 0.2) is 0 Å². The Balaban J connectivity index is 2.47. The number of pyridine rings is 1. The third kappa shape index (κ3) is 5.14. The van der Waals surface area contributed by atoms with Crippen LogP contribution in [-0.4, -0.2) is 29.0 Å². The number of hydrogen-bond acceptors (Lipinski definition) is 4. The van der Waals surface area contributed by atoms with E-state index >= 15 is 0 Å². The van der Waals surface area contributed by atoms with Crippen molar-refractivity contribution in [2.45, 2.75) is 26.4 Å². The van der Waals surface area contributed by atoms with Gasteiger partial charge in [0.2, 0.25) is 0 Å². The number of ether oxygens (including phenoxy) is 1. The Morgan fingerprint density at radius 2 is 2.06 bits per heavy atom. The number of halogens is 1. The summed E-state index contributed by atoms with van der Waals surface area (Å²) in [7, 11) is 0. The van der Waals surface area contributed by atoms with Crippen molar-refractivity contribution >= 4 is 23.5 Å². The maximum Gasteiger partial charge on any atom is 0.325 e. The van der Waals surface area contributed by atoms with Crippen LogP contribution in [0.25, 0.3) is 0 Å².